The molecule has 2 N–H and O–H groups in total. The van der Waals surface area contributed by atoms with E-state index in [4.69, 9.17) is 4.42 Å². The first-order valence-corrected chi connectivity index (χ1v) is 11.8. The van der Waals surface area contributed by atoms with Gasteiger partial charge in [-0.2, -0.15) is 0 Å². The van der Waals surface area contributed by atoms with Crippen molar-refractivity contribution in [3.8, 4) is 11.3 Å². The van der Waals surface area contributed by atoms with Crippen molar-refractivity contribution < 1.29 is 22.6 Å². The first-order valence-electron chi connectivity index (χ1n) is 10.3. The highest BCUT2D eigenvalue weighted by Gasteiger charge is 2.14. The van der Waals surface area contributed by atoms with Gasteiger partial charge in [-0.05, 0) is 66.7 Å². The highest BCUT2D eigenvalue weighted by atomic mass is 32.2. The van der Waals surface area contributed by atoms with Crippen molar-refractivity contribution in [3.63, 3.8) is 0 Å². The second-order valence-electron chi connectivity index (χ2n) is 7.32. The third kappa shape index (κ3) is 6.01. The molecule has 0 aliphatic rings. The molecule has 0 saturated carbocycles. The fraction of sp³-hybridized carbons (Fsp3) is 0. The van der Waals surface area contributed by atoms with E-state index in [9.17, 15) is 23.3 Å². The second-order valence-corrected chi connectivity index (χ2v) is 9.01. The van der Waals surface area contributed by atoms with Crippen LogP contribution in [0, 0.1) is 10.1 Å². The number of nitro groups is 1. The Morgan fingerprint density at radius 1 is 0.857 bits per heavy atom. The number of nitro benzene ring substituents is 1. The Kier molecular flexibility index (Phi) is 6.74. The van der Waals surface area contributed by atoms with Crippen molar-refractivity contribution in [1.29, 1.82) is 0 Å². The minimum atomic E-state index is -3.75. The fourth-order valence-electron chi connectivity index (χ4n) is 3.12. The molecule has 9 nitrogen and oxygen atoms in total. The summed E-state index contributed by atoms with van der Waals surface area (Å²) in [6.07, 6.45) is 2.76. The van der Waals surface area contributed by atoms with E-state index < -0.39 is 20.9 Å². The molecule has 3 aromatic carbocycles. The molecule has 1 heterocycles. The van der Waals surface area contributed by atoms with Crippen molar-refractivity contribution in [3.05, 3.63) is 113 Å². The minimum absolute atomic E-state index is 0.0183. The van der Waals surface area contributed by atoms with Crippen LogP contribution >= 0.6 is 0 Å². The van der Waals surface area contributed by atoms with Crippen LogP contribution in [0.2, 0.25) is 0 Å². The van der Waals surface area contributed by atoms with Crippen molar-refractivity contribution in [2.45, 2.75) is 4.90 Å². The number of para-hydroxylation sites is 1. The molecule has 4 rings (SSSR count). The van der Waals surface area contributed by atoms with Crippen LogP contribution in [0.25, 0.3) is 17.4 Å². The average Bonchev–Trinajstić information content (AvgIpc) is 3.33. The van der Waals surface area contributed by atoms with Crippen molar-refractivity contribution in [2.24, 2.45) is 0 Å². The Hall–Kier alpha value is -4.70. The lowest BCUT2D eigenvalue weighted by Gasteiger charge is -2.09. The zero-order chi connectivity index (χ0) is 24.8. The number of hydrogen-bond acceptors (Lipinski definition) is 6. The standard InChI is InChI=1S/C25H19N3O6S/c29-25(17-13-22-12-16-24(34-22)18-6-10-21(11-7-18)28(30)31)26-19-8-14-23(15-9-19)35(32,33)27-20-4-2-1-3-5-20/h1-17,27H,(H,26,29)/b17-13+. The lowest BCUT2D eigenvalue weighted by Crippen LogP contribution is -2.13. The quantitative estimate of drug-likeness (QED) is 0.196. The van der Waals surface area contributed by atoms with E-state index in [1.54, 1.807) is 54.6 Å². The molecule has 0 aliphatic heterocycles. The van der Waals surface area contributed by atoms with Gasteiger partial charge in [-0.15, -0.1) is 0 Å². The van der Waals surface area contributed by atoms with Gasteiger partial charge in [0.15, 0.2) is 0 Å². The molecule has 0 spiro atoms. The van der Waals surface area contributed by atoms with E-state index in [0.717, 1.165) is 0 Å². The molecule has 0 fully saturated rings. The van der Waals surface area contributed by atoms with E-state index in [1.807, 2.05) is 0 Å². The number of benzene rings is 3. The molecule has 0 bridgehead atoms. The number of non-ortho nitro benzene ring substituents is 1. The topological polar surface area (TPSA) is 132 Å². The Balaban J connectivity index is 1.36. The summed E-state index contributed by atoms with van der Waals surface area (Å²) in [6, 6.07) is 23.6. The number of sulfonamides is 1. The van der Waals surface area contributed by atoms with Gasteiger partial charge in [0.25, 0.3) is 15.7 Å². The van der Waals surface area contributed by atoms with Gasteiger partial charge in [0.1, 0.15) is 11.5 Å². The van der Waals surface area contributed by atoms with Crippen LogP contribution in [-0.2, 0) is 14.8 Å². The van der Waals surface area contributed by atoms with Crippen LogP contribution < -0.4 is 10.0 Å². The average molecular weight is 490 g/mol. The highest BCUT2D eigenvalue weighted by Crippen LogP contribution is 2.25. The molecular formula is C25H19N3O6S. The van der Waals surface area contributed by atoms with Crippen LogP contribution in [0.3, 0.4) is 0 Å². The molecule has 4 aromatic rings. The highest BCUT2D eigenvalue weighted by molar-refractivity contribution is 7.92. The minimum Gasteiger partial charge on any atom is -0.457 e. The summed E-state index contributed by atoms with van der Waals surface area (Å²) in [5.41, 5.74) is 1.51. The van der Waals surface area contributed by atoms with Crippen LogP contribution in [0.5, 0.6) is 0 Å². The third-order valence-corrected chi connectivity index (χ3v) is 6.24. The normalized spacial score (nSPS) is 11.3. The summed E-state index contributed by atoms with van der Waals surface area (Å²) in [7, 11) is -3.75. The number of nitrogens with one attached hydrogen (secondary N) is 2. The van der Waals surface area contributed by atoms with Gasteiger partial charge in [-0.3, -0.25) is 19.6 Å². The number of nitrogens with zero attached hydrogens (tertiary/aromatic N) is 1. The molecule has 0 radical (unpaired) electrons. The molecule has 35 heavy (non-hydrogen) atoms. The monoisotopic (exact) mass is 489 g/mol. The van der Waals surface area contributed by atoms with Crippen molar-refractivity contribution in [2.75, 3.05) is 10.0 Å². The van der Waals surface area contributed by atoms with Gasteiger partial charge in [-0.25, -0.2) is 8.42 Å². The van der Waals surface area contributed by atoms with Gasteiger partial charge in [0.2, 0.25) is 5.91 Å². The van der Waals surface area contributed by atoms with E-state index in [2.05, 4.69) is 10.0 Å². The maximum absolute atomic E-state index is 12.5. The van der Waals surface area contributed by atoms with Gasteiger partial charge >= 0.3 is 0 Å². The third-order valence-electron chi connectivity index (χ3n) is 4.85. The zero-order valence-corrected chi connectivity index (χ0v) is 18.9. The largest absolute Gasteiger partial charge is 0.457 e. The zero-order valence-electron chi connectivity index (χ0n) is 18.1. The van der Waals surface area contributed by atoms with Gasteiger partial charge in [0, 0.05) is 35.1 Å². The van der Waals surface area contributed by atoms with Gasteiger partial charge in [0.05, 0.1) is 9.82 Å². The summed E-state index contributed by atoms with van der Waals surface area (Å²) in [6.45, 7) is 0. The van der Waals surface area contributed by atoms with Gasteiger partial charge in [-0.1, -0.05) is 18.2 Å². The number of rotatable bonds is 8. The molecule has 0 saturated heterocycles. The number of hydrogen-bond donors (Lipinski definition) is 2. The van der Waals surface area contributed by atoms with Crippen molar-refractivity contribution in [1.82, 2.24) is 0 Å². The molecule has 10 heteroatoms. The predicted molar refractivity (Wildman–Crippen MR) is 132 cm³/mol. The maximum atomic E-state index is 12.5. The fourth-order valence-corrected chi connectivity index (χ4v) is 4.18. The Morgan fingerprint density at radius 3 is 2.20 bits per heavy atom. The summed E-state index contributed by atoms with van der Waals surface area (Å²) in [5.74, 6) is 0.485. The molecule has 0 unspecified atom stereocenters. The molecule has 1 amide bonds. The number of anilines is 2. The van der Waals surface area contributed by atoms with E-state index in [-0.39, 0.29) is 10.6 Å². The molecular weight excluding hydrogens is 470 g/mol. The van der Waals surface area contributed by atoms with Gasteiger partial charge < -0.3 is 9.73 Å². The van der Waals surface area contributed by atoms with E-state index in [0.29, 0.717) is 28.5 Å². The first-order chi connectivity index (χ1) is 16.8. The van der Waals surface area contributed by atoms with Crippen LogP contribution in [0.1, 0.15) is 5.76 Å². The molecule has 0 aliphatic carbocycles. The number of furan rings is 1. The number of amides is 1. The molecule has 1 aromatic heterocycles. The SMILES string of the molecule is O=C(/C=C/c1ccc(-c2ccc([N+](=O)[O-])cc2)o1)Nc1ccc(S(=O)(=O)Nc2ccccc2)cc1. The van der Waals surface area contributed by atoms with Crippen LogP contribution in [0.15, 0.2) is 106 Å². The van der Waals surface area contributed by atoms with Crippen molar-refractivity contribution >= 4 is 39.1 Å². The number of carbonyl (C=O) groups excluding carboxylic acids is 1. The van der Waals surface area contributed by atoms with Crippen LogP contribution in [-0.4, -0.2) is 19.2 Å². The van der Waals surface area contributed by atoms with E-state index in [1.165, 1.54) is 48.6 Å². The first kappa shape index (κ1) is 23.5. The molecule has 0 atom stereocenters. The Labute approximate surface area is 200 Å². The lowest BCUT2D eigenvalue weighted by molar-refractivity contribution is -0.384. The lowest BCUT2D eigenvalue weighted by atomic mass is 10.1. The molecule has 176 valence electrons. The summed E-state index contributed by atoms with van der Waals surface area (Å²) in [5, 5.41) is 13.4. The number of carbonyl (C=O) groups is 1. The maximum Gasteiger partial charge on any atom is 0.269 e. The smallest absolute Gasteiger partial charge is 0.269 e. The summed E-state index contributed by atoms with van der Waals surface area (Å²) >= 11 is 0. The predicted octanol–water partition coefficient (Wildman–Crippen LogP) is 5.31. The second kappa shape index (κ2) is 10.1. The Morgan fingerprint density at radius 2 is 1.54 bits per heavy atom. The van der Waals surface area contributed by atoms with Crippen LogP contribution in [0.4, 0.5) is 17.1 Å². The summed E-state index contributed by atoms with van der Waals surface area (Å²) in [4.78, 5) is 22.6. The summed E-state index contributed by atoms with van der Waals surface area (Å²) < 4.78 is 33.1. The Bertz CT molecular complexity index is 1480. The van der Waals surface area contributed by atoms with E-state index >= 15 is 0 Å².